The van der Waals surface area contributed by atoms with Gasteiger partial charge in [-0.15, -0.1) is 0 Å². The second kappa shape index (κ2) is 11.0. The van der Waals surface area contributed by atoms with E-state index in [9.17, 15) is 0 Å². The van der Waals surface area contributed by atoms with Gasteiger partial charge in [0.1, 0.15) is 5.75 Å². The molecular formula is C28H48O2. The Morgan fingerprint density at radius 3 is 2.00 bits per heavy atom. The van der Waals surface area contributed by atoms with Crippen LogP contribution in [0.5, 0.6) is 5.75 Å². The molecule has 2 heteroatoms. The summed E-state index contributed by atoms with van der Waals surface area (Å²) < 4.78 is 12.6. The Balaban J connectivity index is 1.98. The molecule has 1 aromatic carbocycles. The van der Waals surface area contributed by atoms with Gasteiger partial charge in [0.15, 0.2) is 0 Å². The van der Waals surface area contributed by atoms with Crippen molar-refractivity contribution < 1.29 is 9.47 Å². The van der Waals surface area contributed by atoms with Crippen molar-refractivity contribution >= 4 is 0 Å². The monoisotopic (exact) mass is 416 g/mol. The zero-order valence-corrected chi connectivity index (χ0v) is 21.1. The summed E-state index contributed by atoms with van der Waals surface area (Å²) in [5, 5.41) is 0. The molecule has 0 bridgehead atoms. The van der Waals surface area contributed by atoms with E-state index in [2.05, 4.69) is 79.7 Å². The molecule has 0 saturated heterocycles. The first-order valence-corrected chi connectivity index (χ1v) is 12.3. The fraction of sp³-hybridized carbons (Fsp3) is 0.786. The van der Waals surface area contributed by atoms with Crippen LogP contribution < -0.4 is 4.74 Å². The normalized spacial score (nSPS) is 18.4. The predicted octanol–water partition coefficient (Wildman–Crippen LogP) is 8.60. The molecule has 2 unspecified atom stereocenters. The molecule has 1 fully saturated rings. The number of rotatable bonds is 9. The average molecular weight is 417 g/mol. The van der Waals surface area contributed by atoms with E-state index < -0.39 is 0 Å². The summed E-state index contributed by atoms with van der Waals surface area (Å²) in [5.41, 5.74) is 1.68. The molecule has 2 rings (SSSR count). The van der Waals surface area contributed by atoms with E-state index >= 15 is 0 Å². The second-order valence-electron chi connectivity index (χ2n) is 12.2. The van der Waals surface area contributed by atoms with Gasteiger partial charge in [-0.1, -0.05) is 99.6 Å². The molecule has 0 N–H and O–H groups in total. The number of ether oxygens (including phenoxy) is 2. The highest BCUT2D eigenvalue weighted by molar-refractivity contribution is 5.30. The van der Waals surface area contributed by atoms with Gasteiger partial charge in [-0.05, 0) is 53.7 Å². The molecular weight excluding hydrogens is 368 g/mol. The van der Waals surface area contributed by atoms with E-state index in [-0.39, 0.29) is 11.7 Å². The Bertz CT molecular complexity index is 597. The van der Waals surface area contributed by atoms with Crippen molar-refractivity contribution in [3.05, 3.63) is 29.8 Å². The van der Waals surface area contributed by atoms with Crippen molar-refractivity contribution in [3.8, 4) is 5.75 Å². The van der Waals surface area contributed by atoms with Gasteiger partial charge in [-0.2, -0.15) is 0 Å². The summed E-state index contributed by atoms with van der Waals surface area (Å²) in [6.07, 6.45) is 9.08. The summed E-state index contributed by atoms with van der Waals surface area (Å²) in [7, 11) is 0. The van der Waals surface area contributed by atoms with E-state index in [0.717, 1.165) is 24.7 Å². The second-order valence-corrected chi connectivity index (χ2v) is 12.2. The molecule has 2 atom stereocenters. The lowest BCUT2D eigenvalue weighted by molar-refractivity contribution is -0.143. The van der Waals surface area contributed by atoms with Crippen LogP contribution >= 0.6 is 0 Å². The minimum absolute atomic E-state index is 0.0576. The lowest BCUT2D eigenvalue weighted by atomic mass is 9.76. The lowest BCUT2D eigenvalue weighted by Gasteiger charge is -2.32. The third-order valence-electron chi connectivity index (χ3n) is 6.42. The van der Waals surface area contributed by atoms with Crippen molar-refractivity contribution in [1.82, 2.24) is 0 Å². The van der Waals surface area contributed by atoms with Gasteiger partial charge < -0.3 is 9.47 Å². The molecule has 0 amide bonds. The minimum atomic E-state index is -0.220. The van der Waals surface area contributed by atoms with Crippen molar-refractivity contribution in [3.63, 3.8) is 0 Å². The molecule has 0 heterocycles. The smallest absolute Gasteiger partial charge is 0.204 e. The van der Waals surface area contributed by atoms with Crippen LogP contribution in [0.25, 0.3) is 0 Å². The van der Waals surface area contributed by atoms with Crippen LogP contribution in [0.1, 0.15) is 112 Å². The van der Waals surface area contributed by atoms with Crippen LogP contribution in [0.2, 0.25) is 0 Å². The van der Waals surface area contributed by atoms with E-state index in [1.165, 1.54) is 44.1 Å². The molecule has 30 heavy (non-hydrogen) atoms. The SMILES string of the molecule is CC(C)C(CC(C)(C)C)c1ccc(OC(OCCC2CCCCC2)C(C)(C)C)cc1. The Labute approximate surface area is 187 Å². The van der Waals surface area contributed by atoms with Crippen LogP contribution in [0.15, 0.2) is 24.3 Å². The Hall–Kier alpha value is -1.02. The van der Waals surface area contributed by atoms with E-state index in [0.29, 0.717) is 17.3 Å². The molecule has 0 aliphatic heterocycles. The van der Waals surface area contributed by atoms with Gasteiger partial charge in [0.2, 0.25) is 6.29 Å². The van der Waals surface area contributed by atoms with E-state index in [4.69, 9.17) is 9.47 Å². The highest BCUT2D eigenvalue weighted by Gasteiger charge is 2.28. The van der Waals surface area contributed by atoms with Crippen molar-refractivity contribution in [2.24, 2.45) is 22.7 Å². The molecule has 1 aromatic rings. The summed E-state index contributed by atoms with van der Waals surface area (Å²) >= 11 is 0. The highest BCUT2D eigenvalue weighted by Crippen LogP contribution is 2.37. The number of hydrogen-bond donors (Lipinski definition) is 0. The van der Waals surface area contributed by atoms with Gasteiger partial charge >= 0.3 is 0 Å². The molecule has 2 nitrogen and oxygen atoms in total. The Morgan fingerprint density at radius 2 is 1.50 bits per heavy atom. The summed E-state index contributed by atoms with van der Waals surface area (Å²) in [6.45, 7) is 19.1. The maximum absolute atomic E-state index is 6.34. The lowest BCUT2D eigenvalue weighted by Crippen LogP contribution is -2.35. The predicted molar refractivity (Wildman–Crippen MR) is 129 cm³/mol. The molecule has 1 saturated carbocycles. The van der Waals surface area contributed by atoms with Crippen molar-refractivity contribution in [1.29, 1.82) is 0 Å². The Morgan fingerprint density at radius 1 is 0.900 bits per heavy atom. The molecule has 1 aliphatic carbocycles. The zero-order valence-electron chi connectivity index (χ0n) is 21.1. The first kappa shape index (κ1) is 25.2. The fourth-order valence-corrected chi connectivity index (χ4v) is 4.59. The van der Waals surface area contributed by atoms with Crippen molar-refractivity contribution in [2.45, 2.75) is 113 Å². The zero-order chi connectivity index (χ0) is 22.4. The maximum atomic E-state index is 6.34. The molecule has 0 radical (unpaired) electrons. The van der Waals surface area contributed by atoms with Crippen LogP contribution in [-0.2, 0) is 4.74 Å². The summed E-state index contributed by atoms with van der Waals surface area (Å²) in [4.78, 5) is 0. The summed E-state index contributed by atoms with van der Waals surface area (Å²) in [5.74, 6) is 2.95. The van der Waals surface area contributed by atoms with Crippen LogP contribution in [0.3, 0.4) is 0 Å². The maximum Gasteiger partial charge on any atom is 0.204 e. The van der Waals surface area contributed by atoms with Crippen LogP contribution in [0, 0.1) is 22.7 Å². The van der Waals surface area contributed by atoms with E-state index in [1.54, 1.807) is 0 Å². The summed E-state index contributed by atoms with van der Waals surface area (Å²) in [6, 6.07) is 8.79. The van der Waals surface area contributed by atoms with Crippen molar-refractivity contribution in [2.75, 3.05) is 6.61 Å². The standard InChI is InChI=1S/C28H48O2/c1-21(2)25(20-27(3,4)5)23-14-16-24(17-15-23)30-26(28(6,7)8)29-19-18-22-12-10-9-11-13-22/h14-17,21-22,25-26H,9-13,18-20H2,1-8H3. The molecule has 1 aliphatic rings. The number of benzene rings is 1. The molecule has 0 aromatic heterocycles. The first-order chi connectivity index (χ1) is 14.0. The quantitative estimate of drug-likeness (QED) is 0.375. The van der Waals surface area contributed by atoms with Gasteiger partial charge in [0.25, 0.3) is 0 Å². The Kier molecular flexibility index (Phi) is 9.28. The van der Waals surface area contributed by atoms with Gasteiger partial charge in [0, 0.05) is 5.41 Å². The number of hydrogen-bond acceptors (Lipinski definition) is 2. The van der Waals surface area contributed by atoms with Gasteiger partial charge in [0.05, 0.1) is 6.61 Å². The van der Waals surface area contributed by atoms with Crippen LogP contribution in [0.4, 0.5) is 0 Å². The molecule has 172 valence electrons. The topological polar surface area (TPSA) is 18.5 Å². The van der Waals surface area contributed by atoms with E-state index in [1.807, 2.05) is 0 Å². The van der Waals surface area contributed by atoms with Crippen LogP contribution in [-0.4, -0.2) is 12.9 Å². The molecule has 0 spiro atoms. The first-order valence-electron chi connectivity index (χ1n) is 12.3. The third-order valence-corrected chi connectivity index (χ3v) is 6.42. The largest absolute Gasteiger partial charge is 0.464 e. The fourth-order valence-electron chi connectivity index (χ4n) is 4.59. The van der Waals surface area contributed by atoms with Gasteiger partial charge in [-0.25, -0.2) is 0 Å². The average Bonchev–Trinajstić information content (AvgIpc) is 2.65. The third kappa shape index (κ3) is 8.61. The highest BCUT2D eigenvalue weighted by atomic mass is 16.7. The van der Waals surface area contributed by atoms with Gasteiger partial charge in [-0.3, -0.25) is 0 Å². The minimum Gasteiger partial charge on any atom is -0.464 e.